The zero-order chi connectivity index (χ0) is 14.8. The summed E-state index contributed by atoms with van der Waals surface area (Å²) < 4.78 is 40.6. The van der Waals surface area contributed by atoms with Gasteiger partial charge in [-0.2, -0.15) is 0 Å². The molecule has 0 radical (unpaired) electrons. The van der Waals surface area contributed by atoms with E-state index in [0.29, 0.717) is 0 Å². The quantitative estimate of drug-likeness (QED) is 0.880. The summed E-state index contributed by atoms with van der Waals surface area (Å²) >= 11 is 0. The van der Waals surface area contributed by atoms with E-state index in [1.54, 1.807) is 6.07 Å². The lowest BCUT2D eigenvalue weighted by Crippen LogP contribution is -2.19. The number of pyridine rings is 1. The number of aromatic hydroxyl groups is 1. The maximum Gasteiger partial charge on any atom is 0.573 e. The summed E-state index contributed by atoms with van der Waals surface area (Å²) in [7, 11) is 0. The number of carbonyl (C=O) groups excluding carboxylic acids is 1. The number of rotatable bonds is 3. The lowest BCUT2D eigenvalue weighted by atomic mass is 10.1. The van der Waals surface area contributed by atoms with Crippen LogP contribution in [0.25, 0.3) is 0 Å². The Morgan fingerprint density at radius 2 is 1.90 bits per heavy atom. The molecule has 0 fully saturated rings. The highest BCUT2D eigenvalue weighted by atomic mass is 19.4. The lowest BCUT2D eigenvalue weighted by molar-refractivity contribution is -0.275. The second kappa shape index (κ2) is 5.20. The number of ketones is 1. The zero-order valence-electron chi connectivity index (χ0n) is 9.89. The molecule has 20 heavy (non-hydrogen) atoms. The molecule has 0 saturated carbocycles. The second-order valence-corrected chi connectivity index (χ2v) is 3.75. The monoisotopic (exact) mass is 283 g/mol. The fourth-order valence-corrected chi connectivity index (χ4v) is 1.56. The third-order valence-corrected chi connectivity index (χ3v) is 2.35. The van der Waals surface area contributed by atoms with Crippen molar-refractivity contribution in [2.45, 2.75) is 6.36 Å². The average Bonchev–Trinajstić information content (AvgIpc) is 2.40. The van der Waals surface area contributed by atoms with Gasteiger partial charge >= 0.3 is 6.36 Å². The van der Waals surface area contributed by atoms with E-state index in [2.05, 4.69) is 9.72 Å². The number of halogens is 3. The molecule has 1 aromatic carbocycles. The fourth-order valence-electron chi connectivity index (χ4n) is 1.56. The molecule has 4 nitrogen and oxygen atoms in total. The van der Waals surface area contributed by atoms with E-state index in [0.717, 1.165) is 12.1 Å². The van der Waals surface area contributed by atoms with Crippen molar-refractivity contribution in [3.63, 3.8) is 0 Å². The molecular formula is C13H8F3NO3. The molecule has 0 aliphatic rings. The molecule has 0 saturated heterocycles. The van der Waals surface area contributed by atoms with E-state index in [-0.39, 0.29) is 5.69 Å². The van der Waals surface area contributed by atoms with Gasteiger partial charge in [-0.15, -0.1) is 13.2 Å². The normalized spacial score (nSPS) is 11.2. The Balaban J connectivity index is 2.47. The van der Waals surface area contributed by atoms with E-state index in [4.69, 9.17) is 0 Å². The van der Waals surface area contributed by atoms with Crippen LogP contribution in [0.15, 0.2) is 42.6 Å². The molecule has 104 valence electrons. The highest BCUT2D eigenvalue weighted by molar-refractivity contribution is 6.09. The van der Waals surface area contributed by atoms with Crippen molar-refractivity contribution in [1.82, 2.24) is 4.98 Å². The number of benzene rings is 1. The van der Waals surface area contributed by atoms with Gasteiger partial charge < -0.3 is 9.84 Å². The van der Waals surface area contributed by atoms with E-state index < -0.39 is 29.2 Å². The van der Waals surface area contributed by atoms with Crippen molar-refractivity contribution in [1.29, 1.82) is 0 Å². The zero-order valence-corrected chi connectivity index (χ0v) is 9.89. The number of alkyl halides is 3. The maximum absolute atomic E-state index is 12.3. The van der Waals surface area contributed by atoms with Crippen LogP contribution >= 0.6 is 0 Å². The molecule has 0 unspecified atom stereocenters. The summed E-state index contributed by atoms with van der Waals surface area (Å²) in [6.07, 6.45) is -3.68. The van der Waals surface area contributed by atoms with Crippen LogP contribution in [-0.2, 0) is 0 Å². The predicted octanol–water partition coefficient (Wildman–Crippen LogP) is 2.92. The van der Waals surface area contributed by atoms with Gasteiger partial charge in [-0.05, 0) is 24.3 Å². The van der Waals surface area contributed by atoms with Crippen LogP contribution in [-0.4, -0.2) is 22.2 Å². The number of hydrogen-bond donors (Lipinski definition) is 1. The van der Waals surface area contributed by atoms with Crippen molar-refractivity contribution in [3.05, 3.63) is 53.9 Å². The van der Waals surface area contributed by atoms with Gasteiger partial charge in [0.15, 0.2) is 11.5 Å². The molecule has 0 bridgehead atoms. The van der Waals surface area contributed by atoms with E-state index >= 15 is 0 Å². The lowest BCUT2D eigenvalue weighted by Gasteiger charge is -2.13. The first-order valence-electron chi connectivity index (χ1n) is 5.42. The molecule has 7 heteroatoms. The second-order valence-electron chi connectivity index (χ2n) is 3.75. The molecule has 2 rings (SSSR count). The molecule has 0 spiro atoms. The summed E-state index contributed by atoms with van der Waals surface area (Å²) in [6.45, 7) is 0. The molecule has 1 heterocycles. The topological polar surface area (TPSA) is 59.4 Å². The van der Waals surface area contributed by atoms with Gasteiger partial charge in [0.1, 0.15) is 5.69 Å². The van der Waals surface area contributed by atoms with Crippen LogP contribution in [0.4, 0.5) is 13.2 Å². The molecular weight excluding hydrogens is 275 g/mol. The number of phenols is 1. The standard InChI is InChI=1S/C13H8F3NO3/c14-13(15,16)20-12-8(4-3-6-10(12)18)11(19)9-5-1-2-7-17-9/h1-7,18H. The Morgan fingerprint density at radius 1 is 1.15 bits per heavy atom. The summed E-state index contributed by atoms with van der Waals surface area (Å²) in [5.41, 5.74) is -0.467. The highest BCUT2D eigenvalue weighted by Crippen LogP contribution is 2.35. The number of nitrogens with zero attached hydrogens (tertiary/aromatic N) is 1. The smallest absolute Gasteiger partial charge is 0.504 e. The number of para-hydroxylation sites is 1. The highest BCUT2D eigenvalue weighted by Gasteiger charge is 2.34. The summed E-state index contributed by atoms with van der Waals surface area (Å²) in [5.74, 6) is -2.49. The van der Waals surface area contributed by atoms with Gasteiger partial charge in [0.05, 0.1) is 5.56 Å². The first-order chi connectivity index (χ1) is 9.38. The summed E-state index contributed by atoms with van der Waals surface area (Å²) in [5, 5.41) is 9.45. The van der Waals surface area contributed by atoms with Crippen LogP contribution in [0, 0.1) is 0 Å². The van der Waals surface area contributed by atoms with Crippen molar-refractivity contribution in [2.24, 2.45) is 0 Å². The van der Waals surface area contributed by atoms with Crippen molar-refractivity contribution >= 4 is 5.78 Å². The number of ether oxygens (including phenoxy) is 1. The third kappa shape index (κ3) is 3.05. The van der Waals surface area contributed by atoms with Crippen LogP contribution in [0.2, 0.25) is 0 Å². The van der Waals surface area contributed by atoms with Crippen LogP contribution in [0.3, 0.4) is 0 Å². The van der Waals surface area contributed by atoms with Crippen molar-refractivity contribution in [2.75, 3.05) is 0 Å². The SMILES string of the molecule is O=C(c1ccccn1)c1cccc(O)c1OC(F)(F)F. The molecule has 0 amide bonds. The molecule has 1 N–H and O–H groups in total. The number of aromatic nitrogens is 1. The van der Waals surface area contributed by atoms with Crippen LogP contribution in [0.1, 0.15) is 16.1 Å². The third-order valence-electron chi connectivity index (χ3n) is 2.35. The van der Waals surface area contributed by atoms with Crippen LogP contribution < -0.4 is 4.74 Å². The van der Waals surface area contributed by atoms with E-state index in [1.165, 1.54) is 24.4 Å². The Bertz CT molecular complexity index is 627. The minimum Gasteiger partial charge on any atom is -0.504 e. The Labute approximate surface area is 111 Å². The fraction of sp³-hybridized carbons (Fsp3) is 0.0769. The van der Waals surface area contributed by atoms with Gasteiger partial charge in [-0.3, -0.25) is 9.78 Å². The van der Waals surface area contributed by atoms with Gasteiger partial charge in [0, 0.05) is 6.20 Å². The molecule has 0 aliphatic carbocycles. The Morgan fingerprint density at radius 3 is 2.50 bits per heavy atom. The largest absolute Gasteiger partial charge is 0.573 e. The molecule has 2 aromatic rings. The van der Waals surface area contributed by atoms with E-state index in [1.807, 2.05) is 0 Å². The number of carbonyl (C=O) groups is 1. The first kappa shape index (κ1) is 13.9. The van der Waals surface area contributed by atoms with Crippen molar-refractivity contribution in [3.8, 4) is 11.5 Å². The molecule has 0 atom stereocenters. The minimum absolute atomic E-state index is 0.0508. The molecule has 1 aromatic heterocycles. The van der Waals surface area contributed by atoms with Gasteiger partial charge in [0.25, 0.3) is 0 Å². The van der Waals surface area contributed by atoms with Crippen molar-refractivity contribution < 1.29 is 27.8 Å². The summed E-state index contributed by atoms with van der Waals surface area (Å²) in [4.78, 5) is 15.8. The summed E-state index contributed by atoms with van der Waals surface area (Å²) in [6, 6.07) is 7.80. The first-order valence-corrected chi connectivity index (χ1v) is 5.42. The number of hydrogen-bond acceptors (Lipinski definition) is 4. The van der Waals surface area contributed by atoms with Gasteiger partial charge in [-0.25, -0.2) is 0 Å². The van der Waals surface area contributed by atoms with Crippen LogP contribution in [0.5, 0.6) is 11.5 Å². The van der Waals surface area contributed by atoms with Gasteiger partial charge in [0.2, 0.25) is 5.78 Å². The Kier molecular flexibility index (Phi) is 3.60. The predicted molar refractivity (Wildman–Crippen MR) is 62.5 cm³/mol. The number of phenolic OH excluding ortho intramolecular Hbond substituents is 1. The van der Waals surface area contributed by atoms with E-state index in [9.17, 15) is 23.1 Å². The minimum atomic E-state index is -5.02. The maximum atomic E-state index is 12.3. The molecule has 0 aliphatic heterocycles. The Hall–Kier alpha value is -2.57. The average molecular weight is 283 g/mol. The van der Waals surface area contributed by atoms with Gasteiger partial charge in [-0.1, -0.05) is 12.1 Å².